The van der Waals surface area contributed by atoms with Crippen LogP contribution in [0.3, 0.4) is 0 Å². The van der Waals surface area contributed by atoms with Crippen LogP contribution < -0.4 is 10.6 Å². The average Bonchev–Trinajstić information content (AvgIpc) is 3.20. The molecule has 1 fully saturated rings. The quantitative estimate of drug-likeness (QED) is 0.783. The first-order chi connectivity index (χ1) is 13.0. The fourth-order valence-corrected chi connectivity index (χ4v) is 3.75. The molecule has 2 aromatic rings. The summed E-state index contributed by atoms with van der Waals surface area (Å²) in [7, 11) is 0. The maximum absolute atomic E-state index is 13.1. The van der Waals surface area contributed by atoms with Crippen molar-refractivity contribution in [1.82, 2.24) is 5.32 Å². The van der Waals surface area contributed by atoms with Gasteiger partial charge in [0, 0.05) is 17.3 Å². The molecule has 1 aliphatic rings. The fraction of sp³-hybridized carbons (Fsp3) is 0.391. The molecule has 1 saturated carbocycles. The molecule has 0 aliphatic heterocycles. The molecule has 3 rings (SSSR count). The van der Waals surface area contributed by atoms with Crippen LogP contribution in [0.5, 0.6) is 0 Å². The Balaban J connectivity index is 1.73. The molecule has 4 nitrogen and oxygen atoms in total. The molecule has 0 radical (unpaired) electrons. The monoisotopic (exact) mass is 364 g/mol. The molecule has 2 amide bonds. The van der Waals surface area contributed by atoms with E-state index >= 15 is 0 Å². The van der Waals surface area contributed by atoms with Crippen molar-refractivity contribution in [2.75, 3.05) is 5.32 Å². The molecule has 2 N–H and O–H groups in total. The van der Waals surface area contributed by atoms with E-state index in [1.807, 2.05) is 44.2 Å². The highest BCUT2D eigenvalue weighted by molar-refractivity contribution is 6.00. The summed E-state index contributed by atoms with van der Waals surface area (Å²) in [5.74, 6) is -0.0400. The number of carbonyl (C=O) groups excluding carboxylic acids is 2. The lowest BCUT2D eigenvalue weighted by Crippen LogP contribution is -2.38. The molecule has 142 valence electrons. The summed E-state index contributed by atoms with van der Waals surface area (Å²) < 4.78 is 0. The number of rotatable bonds is 6. The SMILES string of the molecule is CC[C@@H](C)NC(=O)c1ccc(NC(=O)C2(c3ccccc3)CCCC2)cc1. The van der Waals surface area contributed by atoms with Crippen molar-refractivity contribution in [3.8, 4) is 0 Å². The number of hydrogen-bond donors (Lipinski definition) is 2. The van der Waals surface area contributed by atoms with Gasteiger partial charge in [0.2, 0.25) is 5.91 Å². The lowest BCUT2D eigenvalue weighted by atomic mass is 9.78. The lowest BCUT2D eigenvalue weighted by molar-refractivity contribution is -0.121. The van der Waals surface area contributed by atoms with Gasteiger partial charge in [-0.3, -0.25) is 9.59 Å². The zero-order valence-corrected chi connectivity index (χ0v) is 16.1. The third kappa shape index (κ3) is 4.21. The van der Waals surface area contributed by atoms with E-state index in [-0.39, 0.29) is 17.9 Å². The molecule has 0 unspecified atom stereocenters. The topological polar surface area (TPSA) is 58.2 Å². The zero-order chi connectivity index (χ0) is 19.3. The van der Waals surface area contributed by atoms with Gasteiger partial charge in [-0.1, -0.05) is 50.1 Å². The Labute approximate surface area is 161 Å². The van der Waals surface area contributed by atoms with E-state index in [1.54, 1.807) is 24.3 Å². The fourth-order valence-electron chi connectivity index (χ4n) is 3.75. The smallest absolute Gasteiger partial charge is 0.251 e. The third-order valence-corrected chi connectivity index (χ3v) is 5.61. The molecular weight excluding hydrogens is 336 g/mol. The van der Waals surface area contributed by atoms with Crippen LogP contribution >= 0.6 is 0 Å². The van der Waals surface area contributed by atoms with Crippen molar-refractivity contribution in [2.24, 2.45) is 0 Å². The predicted molar refractivity (Wildman–Crippen MR) is 109 cm³/mol. The lowest BCUT2D eigenvalue weighted by Gasteiger charge is -2.28. The molecule has 1 atom stereocenters. The van der Waals surface area contributed by atoms with E-state index in [2.05, 4.69) is 10.6 Å². The largest absolute Gasteiger partial charge is 0.350 e. The highest BCUT2D eigenvalue weighted by atomic mass is 16.2. The second kappa shape index (κ2) is 8.38. The van der Waals surface area contributed by atoms with Crippen LogP contribution in [0.15, 0.2) is 54.6 Å². The van der Waals surface area contributed by atoms with Gasteiger partial charge in [-0.05, 0) is 56.0 Å². The summed E-state index contributed by atoms with van der Waals surface area (Å²) in [5, 5.41) is 6.02. The summed E-state index contributed by atoms with van der Waals surface area (Å²) in [6, 6.07) is 17.3. The van der Waals surface area contributed by atoms with E-state index in [1.165, 1.54) is 0 Å². The number of nitrogens with one attached hydrogen (secondary N) is 2. The summed E-state index contributed by atoms with van der Waals surface area (Å²) in [6.45, 7) is 4.02. The summed E-state index contributed by atoms with van der Waals surface area (Å²) in [4.78, 5) is 25.3. The highest BCUT2D eigenvalue weighted by Crippen LogP contribution is 2.42. The van der Waals surface area contributed by atoms with E-state index < -0.39 is 5.41 Å². The molecule has 1 aliphatic carbocycles. The molecule has 0 heterocycles. The Kier molecular flexibility index (Phi) is 5.94. The average molecular weight is 364 g/mol. The standard InChI is InChI=1S/C23H28N2O2/c1-3-17(2)24-21(26)18-11-13-20(14-12-18)25-22(27)23(15-7-8-16-23)19-9-5-4-6-10-19/h4-6,9-14,17H,3,7-8,15-16H2,1-2H3,(H,24,26)(H,25,27)/t17-/m1/s1. The van der Waals surface area contributed by atoms with Gasteiger partial charge in [-0.15, -0.1) is 0 Å². The van der Waals surface area contributed by atoms with Crippen LogP contribution in [-0.2, 0) is 10.2 Å². The Morgan fingerprint density at radius 3 is 2.22 bits per heavy atom. The Bertz CT molecular complexity index is 778. The minimum Gasteiger partial charge on any atom is -0.350 e. The van der Waals surface area contributed by atoms with Gasteiger partial charge in [0.05, 0.1) is 5.41 Å². The molecule has 0 aromatic heterocycles. The minimum absolute atomic E-state index is 0.0445. The van der Waals surface area contributed by atoms with Gasteiger partial charge in [0.25, 0.3) is 5.91 Å². The number of hydrogen-bond acceptors (Lipinski definition) is 2. The van der Waals surface area contributed by atoms with Crippen LogP contribution in [0.1, 0.15) is 61.9 Å². The van der Waals surface area contributed by atoms with E-state index in [0.717, 1.165) is 43.4 Å². The normalized spacial score (nSPS) is 16.5. The first kappa shape index (κ1) is 19.2. The van der Waals surface area contributed by atoms with Crippen molar-refractivity contribution >= 4 is 17.5 Å². The summed E-state index contributed by atoms with van der Waals surface area (Å²) >= 11 is 0. The van der Waals surface area contributed by atoms with E-state index in [0.29, 0.717) is 5.56 Å². The predicted octanol–water partition coefficient (Wildman–Crippen LogP) is 4.67. The first-order valence-electron chi connectivity index (χ1n) is 9.83. The number of amides is 2. The van der Waals surface area contributed by atoms with Crippen LogP contribution in [0.4, 0.5) is 5.69 Å². The van der Waals surface area contributed by atoms with Gasteiger partial charge in [-0.25, -0.2) is 0 Å². The van der Waals surface area contributed by atoms with E-state index in [9.17, 15) is 9.59 Å². The first-order valence-corrected chi connectivity index (χ1v) is 9.83. The van der Waals surface area contributed by atoms with Gasteiger partial charge >= 0.3 is 0 Å². The van der Waals surface area contributed by atoms with Crippen molar-refractivity contribution in [3.05, 3.63) is 65.7 Å². The molecule has 4 heteroatoms. The van der Waals surface area contributed by atoms with Gasteiger partial charge in [0.1, 0.15) is 0 Å². The molecular formula is C23H28N2O2. The van der Waals surface area contributed by atoms with Crippen molar-refractivity contribution < 1.29 is 9.59 Å². The van der Waals surface area contributed by atoms with Crippen LogP contribution in [-0.4, -0.2) is 17.9 Å². The van der Waals surface area contributed by atoms with Gasteiger partial charge in [0.15, 0.2) is 0 Å². The van der Waals surface area contributed by atoms with Crippen LogP contribution in [0.25, 0.3) is 0 Å². The Morgan fingerprint density at radius 2 is 1.63 bits per heavy atom. The summed E-state index contributed by atoms with van der Waals surface area (Å²) in [5.41, 5.74) is 1.97. The van der Waals surface area contributed by atoms with Crippen LogP contribution in [0.2, 0.25) is 0 Å². The second-order valence-corrected chi connectivity index (χ2v) is 7.47. The number of anilines is 1. The maximum atomic E-state index is 13.1. The second-order valence-electron chi connectivity index (χ2n) is 7.47. The molecule has 0 spiro atoms. The third-order valence-electron chi connectivity index (χ3n) is 5.61. The van der Waals surface area contributed by atoms with Crippen LogP contribution in [0, 0.1) is 0 Å². The Hall–Kier alpha value is -2.62. The maximum Gasteiger partial charge on any atom is 0.251 e. The van der Waals surface area contributed by atoms with E-state index in [4.69, 9.17) is 0 Å². The van der Waals surface area contributed by atoms with Crippen molar-refractivity contribution in [1.29, 1.82) is 0 Å². The number of benzene rings is 2. The highest BCUT2D eigenvalue weighted by Gasteiger charge is 2.42. The number of carbonyl (C=O) groups is 2. The Morgan fingerprint density at radius 1 is 1.00 bits per heavy atom. The minimum atomic E-state index is -0.451. The van der Waals surface area contributed by atoms with Gasteiger partial charge < -0.3 is 10.6 Å². The van der Waals surface area contributed by atoms with Gasteiger partial charge in [-0.2, -0.15) is 0 Å². The molecule has 27 heavy (non-hydrogen) atoms. The van der Waals surface area contributed by atoms with Crippen molar-refractivity contribution in [2.45, 2.75) is 57.4 Å². The summed E-state index contributed by atoms with van der Waals surface area (Å²) in [6.07, 6.45) is 4.77. The van der Waals surface area contributed by atoms with Crippen molar-refractivity contribution in [3.63, 3.8) is 0 Å². The molecule has 0 bridgehead atoms. The molecule has 0 saturated heterocycles. The zero-order valence-electron chi connectivity index (χ0n) is 16.1. The molecule has 2 aromatic carbocycles.